The topological polar surface area (TPSA) is 59.7 Å². The maximum Gasteiger partial charge on any atom is 0.252 e. The van der Waals surface area contributed by atoms with Crippen LogP contribution in [0, 0.1) is 6.92 Å². The van der Waals surface area contributed by atoms with Crippen LogP contribution in [0.2, 0.25) is 5.28 Å². The molecule has 9 heteroatoms. The van der Waals surface area contributed by atoms with E-state index in [0.29, 0.717) is 23.8 Å². The molecule has 3 heterocycles. The standard InChI is InChI=1S/C14H15ClF2N6/c1-3-9-12-21-20-7(2)22(12)10-6-18-13(15)19-11(10)23(9)8-4-14(16,17)5-8/h6,8-9H,3-5H2,1-2H3. The summed E-state index contributed by atoms with van der Waals surface area (Å²) in [6, 6.07) is -0.443. The lowest BCUT2D eigenvalue weighted by Gasteiger charge is -2.48. The molecule has 1 fully saturated rings. The smallest absolute Gasteiger partial charge is 0.252 e. The molecule has 1 aliphatic heterocycles. The first-order valence-corrected chi connectivity index (χ1v) is 7.90. The fourth-order valence-corrected chi connectivity index (χ4v) is 3.62. The summed E-state index contributed by atoms with van der Waals surface area (Å²) in [5.41, 5.74) is 0.687. The lowest BCUT2D eigenvalue weighted by molar-refractivity contribution is -0.0878. The van der Waals surface area contributed by atoms with Gasteiger partial charge < -0.3 is 4.90 Å². The minimum atomic E-state index is -2.61. The number of anilines is 1. The molecule has 1 unspecified atom stereocenters. The highest BCUT2D eigenvalue weighted by Gasteiger charge is 2.51. The molecule has 1 aliphatic carbocycles. The van der Waals surface area contributed by atoms with Gasteiger partial charge in [0.2, 0.25) is 5.28 Å². The molecule has 4 rings (SSSR count). The van der Waals surface area contributed by atoms with Gasteiger partial charge in [-0.1, -0.05) is 6.92 Å². The SMILES string of the molecule is CCC1c2nnc(C)n2-c2cnc(Cl)nc2N1C1CC(F)(F)C1. The summed E-state index contributed by atoms with van der Waals surface area (Å²) in [6.07, 6.45) is 1.94. The van der Waals surface area contributed by atoms with E-state index in [-0.39, 0.29) is 30.2 Å². The van der Waals surface area contributed by atoms with Crippen molar-refractivity contribution in [3.63, 3.8) is 0 Å². The van der Waals surface area contributed by atoms with Gasteiger partial charge in [0.15, 0.2) is 11.6 Å². The van der Waals surface area contributed by atoms with Crippen LogP contribution in [0.25, 0.3) is 5.69 Å². The Labute approximate surface area is 136 Å². The number of hydrogen-bond acceptors (Lipinski definition) is 5. The molecular weight excluding hydrogens is 326 g/mol. The van der Waals surface area contributed by atoms with Gasteiger partial charge in [-0.2, -0.15) is 4.98 Å². The Balaban J connectivity index is 1.88. The quantitative estimate of drug-likeness (QED) is 0.786. The van der Waals surface area contributed by atoms with Crippen LogP contribution in [-0.4, -0.2) is 36.7 Å². The number of hydrogen-bond donors (Lipinski definition) is 0. The number of alkyl halides is 2. The van der Waals surface area contributed by atoms with Crippen molar-refractivity contribution in [1.82, 2.24) is 24.7 Å². The minimum Gasteiger partial charge on any atom is -0.341 e. The molecule has 0 amide bonds. The maximum absolute atomic E-state index is 13.4. The van der Waals surface area contributed by atoms with Gasteiger partial charge in [0.1, 0.15) is 11.5 Å². The van der Waals surface area contributed by atoms with E-state index in [1.807, 2.05) is 23.3 Å². The third-order valence-electron chi connectivity index (χ3n) is 4.54. The highest BCUT2D eigenvalue weighted by atomic mass is 35.5. The van der Waals surface area contributed by atoms with Crippen LogP contribution in [0.15, 0.2) is 6.20 Å². The van der Waals surface area contributed by atoms with Gasteiger partial charge in [-0.25, -0.2) is 13.8 Å². The van der Waals surface area contributed by atoms with Crippen LogP contribution >= 0.6 is 11.6 Å². The number of rotatable bonds is 2. The van der Waals surface area contributed by atoms with E-state index in [0.717, 1.165) is 5.82 Å². The molecule has 0 N–H and O–H groups in total. The van der Waals surface area contributed by atoms with E-state index in [9.17, 15) is 8.78 Å². The third-order valence-corrected chi connectivity index (χ3v) is 4.72. The minimum absolute atomic E-state index is 0.101. The number of halogens is 3. The van der Waals surface area contributed by atoms with Crippen molar-refractivity contribution in [3.8, 4) is 5.69 Å². The Hall–Kier alpha value is -1.83. The van der Waals surface area contributed by atoms with E-state index in [4.69, 9.17) is 11.6 Å². The third kappa shape index (κ3) is 2.11. The Morgan fingerprint density at radius 3 is 2.74 bits per heavy atom. The van der Waals surface area contributed by atoms with E-state index < -0.39 is 5.92 Å². The second kappa shape index (κ2) is 4.83. The van der Waals surface area contributed by atoms with E-state index in [1.165, 1.54) is 0 Å². The Morgan fingerprint density at radius 2 is 2.09 bits per heavy atom. The fourth-order valence-electron chi connectivity index (χ4n) is 3.49. The van der Waals surface area contributed by atoms with E-state index in [1.54, 1.807) is 6.20 Å². The first-order valence-electron chi connectivity index (χ1n) is 7.52. The van der Waals surface area contributed by atoms with Gasteiger partial charge >= 0.3 is 0 Å². The Bertz CT molecular complexity index is 769. The summed E-state index contributed by atoms with van der Waals surface area (Å²) in [5, 5.41) is 8.49. The van der Waals surface area contributed by atoms with E-state index >= 15 is 0 Å². The van der Waals surface area contributed by atoms with Crippen LogP contribution in [0.4, 0.5) is 14.6 Å². The van der Waals surface area contributed by atoms with Crippen LogP contribution < -0.4 is 4.90 Å². The zero-order valence-electron chi connectivity index (χ0n) is 12.7. The van der Waals surface area contributed by atoms with Crippen LogP contribution in [0.1, 0.15) is 43.9 Å². The lowest BCUT2D eigenvalue weighted by atomic mass is 9.85. The van der Waals surface area contributed by atoms with Crippen molar-refractivity contribution in [2.45, 2.75) is 51.1 Å². The summed E-state index contributed by atoms with van der Waals surface area (Å²) < 4.78 is 28.7. The van der Waals surface area contributed by atoms with Crippen molar-refractivity contribution < 1.29 is 8.78 Å². The Kier molecular flexibility index (Phi) is 3.10. The number of aryl methyl sites for hydroxylation is 1. The molecule has 6 nitrogen and oxygen atoms in total. The molecule has 23 heavy (non-hydrogen) atoms. The molecule has 1 atom stereocenters. The molecule has 2 aromatic heterocycles. The molecular formula is C14H15ClF2N6. The normalized spacial score (nSPS) is 22.5. The van der Waals surface area contributed by atoms with Gasteiger partial charge in [-0.05, 0) is 24.9 Å². The lowest BCUT2D eigenvalue weighted by Crippen LogP contribution is -2.54. The second-order valence-electron chi connectivity index (χ2n) is 6.04. The summed E-state index contributed by atoms with van der Waals surface area (Å²) in [7, 11) is 0. The molecule has 1 saturated carbocycles. The molecule has 0 spiro atoms. The average molecular weight is 341 g/mol. The number of nitrogens with zero attached hydrogens (tertiary/aromatic N) is 6. The van der Waals surface area contributed by atoms with Crippen molar-refractivity contribution in [3.05, 3.63) is 23.1 Å². The molecule has 0 bridgehead atoms. The summed E-state index contributed by atoms with van der Waals surface area (Å²) in [6.45, 7) is 3.84. The average Bonchev–Trinajstić information content (AvgIpc) is 2.85. The van der Waals surface area contributed by atoms with Gasteiger partial charge in [0.05, 0.1) is 12.2 Å². The van der Waals surface area contributed by atoms with Gasteiger partial charge in [0.25, 0.3) is 5.92 Å². The fraction of sp³-hybridized carbons (Fsp3) is 0.571. The summed E-state index contributed by atoms with van der Waals surface area (Å²) in [4.78, 5) is 10.3. The van der Waals surface area contributed by atoms with Crippen LogP contribution in [0.3, 0.4) is 0 Å². The van der Waals surface area contributed by atoms with Crippen molar-refractivity contribution >= 4 is 17.4 Å². The van der Waals surface area contributed by atoms with Gasteiger partial charge in [-0.3, -0.25) is 4.57 Å². The van der Waals surface area contributed by atoms with Crippen molar-refractivity contribution in [2.75, 3.05) is 4.90 Å². The second-order valence-corrected chi connectivity index (χ2v) is 6.38. The highest BCUT2D eigenvalue weighted by molar-refractivity contribution is 6.28. The van der Waals surface area contributed by atoms with Crippen LogP contribution in [0.5, 0.6) is 0 Å². The predicted molar refractivity (Wildman–Crippen MR) is 80.2 cm³/mol. The predicted octanol–water partition coefficient (Wildman–Crippen LogP) is 3.09. The Morgan fingerprint density at radius 1 is 1.35 bits per heavy atom. The number of fused-ring (bicyclic) bond motifs is 3. The van der Waals surface area contributed by atoms with Crippen LogP contribution in [-0.2, 0) is 0 Å². The summed E-state index contributed by atoms with van der Waals surface area (Å²) >= 11 is 5.96. The molecule has 122 valence electrons. The first-order chi connectivity index (χ1) is 10.9. The highest BCUT2D eigenvalue weighted by Crippen LogP contribution is 2.48. The van der Waals surface area contributed by atoms with Crippen molar-refractivity contribution in [1.29, 1.82) is 0 Å². The zero-order valence-corrected chi connectivity index (χ0v) is 13.4. The zero-order chi connectivity index (χ0) is 16.4. The largest absolute Gasteiger partial charge is 0.341 e. The maximum atomic E-state index is 13.4. The molecule has 0 saturated heterocycles. The van der Waals surface area contributed by atoms with Gasteiger partial charge in [-0.15, -0.1) is 10.2 Å². The van der Waals surface area contributed by atoms with Gasteiger partial charge in [0, 0.05) is 18.9 Å². The molecule has 2 aliphatic rings. The first kappa shape index (κ1) is 14.7. The molecule has 2 aromatic rings. The van der Waals surface area contributed by atoms with Crippen molar-refractivity contribution in [2.24, 2.45) is 0 Å². The monoisotopic (exact) mass is 340 g/mol. The molecule has 0 aromatic carbocycles. The number of aromatic nitrogens is 5. The van der Waals surface area contributed by atoms with E-state index in [2.05, 4.69) is 20.2 Å². The summed E-state index contributed by atoms with van der Waals surface area (Å²) in [5.74, 6) is -0.586. The molecule has 0 radical (unpaired) electrons.